The van der Waals surface area contributed by atoms with E-state index in [2.05, 4.69) is 24.0 Å². The molecule has 0 radical (unpaired) electrons. The van der Waals surface area contributed by atoms with Crippen molar-refractivity contribution >= 4 is 12.4 Å². The quantitative estimate of drug-likeness (QED) is 0.699. The third-order valence-electron chi connectivity index (χ3n) is 2.29. The fourth-order valence-corrected chi connectivity index (χ4v) is 1.43. The molecular formula is C10H14ClNO. The first kappa shape index (κ1) is 10.5. The zero-order valence-electron chi connectivity index (χ0n) is 7.64. The third kappa shape index (κ3) is 2.98. The predicted molar refractivity (Wildman–Crippen MR) is 54.3 cm³/mol. The van der Waals surface area contributed by atoms with Crippen LogP contribution in [-0.2, 0) is 4.74 Å². The van der Waals surface area contributed by atoms with Gasteiger partial charge in [-0.3, -0.25) is 4.98 Å². The van der Waals surface area contributed by atoms with Gasteiger partial charge in [-0.25, -0.2) is 0 Å². The number of ether oxygens (including phenoxy) is 1. The van der Waals surface area contributed by atoms with Crippen LogP contribution in [0.5, 0.6) is 0 Å². The number of nitrogens with zero attached hydrogens (tertiary/aromatic N) is 1. The molecule has 1 aromatic heterocycles. The molecule has 1 aliphatic rings. The molecular weight excluding hydrogens is 186 g/mol. The Hall–Kier alpha value is -0.600. The van der Waals surface area contributed by atoms with E-state index in [-0.39, 0.29) is 12.4 Å². The van der Waals surface area contributed by atoms with Crippen LogP contribution in [0.25, 0.3) is 0 Å². The van der Waals surface area contributed by atoms with Crippen molar-refractivity contribution in [1.82, 2.24) is 4.98 Å². The van der Waals surface area contributed by atoms with Gasteiger partial charge in [0.2, 0.25) is 0 Å². The maximum atomic E-state index is 5.19. The van der Waals surface area contributed by atoms with Gasteiger partial charge in [0.25, 0.3) is 0 Å². The fraction of sp³-hybridized carbons (Fsp3) is 0.500. The van der Waals surface area contributed by atoms with Gasteiger partial charge in [0.05, 0.1) is 12.7 Å². The summed E-state index contributed by atoms with van der Waals surface area (Å²) in [4.78, 5) is 3.99. The Bertz CT molecular complexity index is 248. The van der Waals surface area contributed by atoms with Crippen molar-refractivity contribution in [2.45, 2.75) is 25.4 Å². The lowest BCUT2D eigenvalue weighted by atomic mass is 9.98. The summed E-state index contributed by atoms with van der Waals surface area (Å²) in [5.41, 5.74) is 1.36. The second kappa shape index (κ2) is 4.58. The van der Waals surface area contributed by atoms with Gasteiger partial charge in [-0.05, 0) is 30.0 Å². The molecule has 13 heavy (non-hydrogen) atoms. The smallest absolute Gasteiger partial charge is 0.0815 e. The third-order valence-corrected chi connectivity index (χ3v) is 2.29. The minimum atomic E-state index is 0. The number of aromatic nitrogens is 1. The maximum absolute atomic E-state index is 5.19. The summed E-state index contributed by atoms with van der Waals surface area (Å²) in [5, 5.41) is 0. The molecule has 2 heterocycles. The van der Waals surface area contributed by atoms with Crippen LogP contribution >= 0.6 is 12.4 Å². The molecule has 1 fully saturated rings. The number of pyridine rings is 1. The normalized spacial score (nSPS) is 21.8. The van der Waals surface area contributed by atoms with E-state index in [0.29, 0.717) is 12.0 Å². The fourth-order valence-electron chi connectivity index (χ4n) is 1.43. The van der Waals surface area contributed by atoms with Gasteiger partial charge in [0, 0.05) is 12.4 Å². The monoisotopic (exact) mass is 199 g/mol. The van der Waals surface area contributed by atoms with Gasteiger partial charge >= 0.3 is 0 Å². The van der Waals surface area contributed by atoms with Crippen molar-refractivity contribution < 1.29 is 4.74 Å². The van der Waals surface area contributed by atoms with Gasteiger partial charge in [-0.1, -0.05) is 6.92 Å². The van der Waals surface area contributed by atoms with Crippen LogP contribution in [0, 0.1) is 0 Å². The maximum Gasteiger partial charge on any atom is 0.0815 e. The van der Waals surface area contributed by atoms with Gasteiger partial charge in [-0.15, -0.1) is 12.4 Å². The van der Waals surface area contributed by atoms with E-state index in [0.717, 1.165) is 13.0 Å². The summed E-state index contributed by atoms with van der Waals surface area (Å²) >= 11 is 0. The van der Waals surface area contributed by atoms with E-state index in [4.69, 9.17) is 4.74 Å². The lowest BCUT2D eigenvalue weighted by Gasteiger charge is -2.08. The Balaban J connectivity index is 0.000000845. The summed E-state index contributed by atoms with van der Waals surface area (Å²) in [5.74, 6) is 0.598. The average molecular weight is 200 g/mol. The summed E-state index contributed by atoms with van der Waals surface area (Å²) in [6.07, 6.45) is 5.36. The predicted octanol–water partition coefficient (Wildman–Crippen LogP) is 2.40. The van der Waals surface area contributed by atoms with Crippen molar-refractivity contribution in [3.8, 4) is 0 Å². The Labute approximate surface area is 84.7 Å². The molecule has 0 spiro atoms. The molecule has 0 bridgehead atoms. The van der Waals surface area contributed by atoms with Crippen LogP contribution in [-0.4, -0.2) is 17.7 Å². The highest BCUT2D eigenvalue weighted by Crippen LogP contribution is 2.26. The minimum absolute atomic E-state index is 0. The lowest BCUT2D eigenvalue weighted by Crippen LogP contribution is -1.97. The van der Waals surface area contributed by atoms with E-state index in [1.165, 1.54) is 5.56 Å². The Morgan fingerprint density at radius 3 is 2.69 bits per heavy atom. The van der Waals surface area contributed by atoms with Crippen molar-refractivity contribution in [3.63, 3.8) is 0 Å². The average Bonchev–Trinajstić information content (AvgIpc) is 2.90. The molecule has 3 heteroatoms. The van der Waals surface area contributed by atoms with E-state index in [1.54, 1.807) is 0 Å². The molecule has 2 unspecified atom stereocenters. The topological polar surface area (TPSA) is 25.4 Å². The molecule has 1 aliphatic heterocycles. The lowest BCUT2D eigenvalue weighted by molar-refractivity contribution is 0.385. The van der Waals surface area contributed by atoms with E-state index in [9.17, 15) is 0 Å². The summed E-state index contributed by atoms with van der Waals surface area (Å²) < 4.78 is 5.19. The molecule has 2 atom stereocenters. The zero-order chi connectivity index (χ0) is 8.39. The summed E-state index contributed by atoms with van der Waals surface area (Å²) in [6, 6.07) is 4.15. The molecule has 0 amide bonds. The second-order valence-corrected chi connectivity index (χ2v) is 3.37. The van der Waals surface area contributed by atoms with Gasteiger partial charge in [0.15, 0.2) is 0 Å². The SMILES string of the molecule is CC(CC1CO1)c1ccncc1.Cl. The first-order valence-electron chi connectivity index (χ1n) is 4.38. The number of hydrogen-bond donors (Lipinski definition) is 0. The van der Waals surface area contributed by atoms with Crippen molar-refractivity contribution in [1.29, 1.82) is 0 Å². The van der Waals surface area contributed by atoms with Gasteiger partial charge in [-0.2, -0.15) is 0 Å². The first-order chi connectivity index (χ1) is 5.86. The second-order valence-electron chi connectivity index (χ2n) is 3.37. The van der Waals surface area contributed by atoms with Crippen molar-refractivity contribution in [2.24, 2.45) is 0 Å². The number of rotatable bonds is 3. The molecule has 0 saturated carbocycles. The van der Waals surface area contributed by atoms with E-state index in [1.807, 2.05) is 12.4 Å². The van der Waals surface area contributed by atoms with Gasteiger partial charge < -0.3 is 4.74 Å². The number of epoxide rings is 1. The molecule has 72 valence electrons. The van der Waals surface area contributed by atoms with E-state index < -0.39 is 0 Å². The van der Waals surface area contributed by atoms with Crippen LogP contribution in [0.4, 0.5) is 0 Å². The molecule has 1 aromatic rings. The first-order valence-corrected chi connectivity index (χ1v) is 4.38. The molecule has 2 rings (SSSR count). The van der Waals surface area contributed by atoms with Crippen LogP contribution in [0.2, 0.25) is 0 Å². The Morgan fingerprint density at radius 2 is 2.15 bits per heavy atom. The number of hydrogen-bond acceptors (Lipinski definition) is 2. The standard InChI is InChI=1S/C10H13NO.ClH/c1-8(6-10-7-12-10)9-2-4-11-5-3-9;/h2-5,8,10H,6-7H2,1H3;1H. The van der Waals surface area contributed by atoms with Crippen LogP contribution in [0.1, 0.15) is 24.8 Å². The zero-order valence-corrected chi connectivity index (χ0v) is 8.46. The van der Waals surface area contributed by atoms with Crippen LogP contribution in [0.3, 0.4) is 0 Å². The van der Waals surface area contributed by atoms with Crippen LogP contribution < -0.4 is 0 Å². The molecule has 0 aromatic carbocycles. The highest BCUT2D eigenvalue weighted by Gasteiger charge is 2.25. The largest absolute Gasteiger partial charge is 0.373 e. The molecule has 1 saturated heterocycles. The minimum Gasteiger partial charge on any atom is -0.373 e. The number of halogens is 1. The highest BCUT2D eigenvalue weighted by atomic mass is 35.5. The van der Waals surface area contributed by atoms with E-state index >= 15 is 0 Å². The molecule has 2 nitrogen and oxygen atoms in total. The Morgan fingerprint density at radius 1 is 1.54 bits per heavy atom. The van der Waals surface area contributed by atoms with Gasteiger partial charge in [0.1, 0.15) is 0 Å². The Kier molecular flexibility index (Phi) is 3.70. The van der Waals surface area contributed by atoms with Crippen molar-refractivity contribution in [3.05, 3.63) is 30.1 Å². The molecule has 0 aliphatic carbocycles. The summed E-state index contributed by atoms with van der Waals surface area (Å²) in [7, 11) is 0. The van der Waals surface area contributed by atoms with Crippen molar-refractivity contribution in [2.75, 3.05) is 6.61 Å². The molecule has 0 N–H and O–H groups in total. The van der Waals surface area contributed by atoms with Crippen LogP contribution in [0.15, 0.2) is 24.5 Å². The highest BCUT2D eigenvalue weighted by molar-refractivity contribution is 5.85. The summed E-state index contributed by atoms with van der Waals surface area (Å²) in [6.45, 7) is 3.19.